The van der Waals surface area contributed by atoms with Crippen LogP contribution in [0.25, 0.3) is 0 Å². The number of hydrogen-bond donors (Lipinski definition) is 1. The van der Waals surface area contributed by atoms with Gasteiger partial charge >= 0.3 is 0 Å². The van der Waals surface area contributed by atoms with Crippen molar-refractivity contribution in [2.24, 2.45) is 5.73 Å². The SMILES string of the molecule is Cc1nn(Cc2ccccc2)c(C)c1C1C=CC(N)C1. The van der Waals surface area contributed by atoms with Crippen molar-refractivity contribution in [1.29, 1.82) is 0 Å². The van der Waals surface area contributed by atoms with Gasteiger partial charge in [-0.2, -0.15) is 5.10 Å². The lowest BCUT2D eigenvalue weighted by Gasteiger charge is -2.11. The molecular formula is C17H21N3. The highest BCUT2D eigenvalue weighted by Gasteiger charge is 2.24. The van der Waals surface area contributed by atoms with Crippen LogP contribution in [0.15, 0.2) is 42.5 Å². The highest BCUT2D eigenvalue weighted by atomic mass is 15.3. The molecule has 1 aromatic carbocycles. The summed E-state index contributed by atoms with van der Waals surface area (Å²) < 4.78 is 2.11. The molecule has 3 rings (SSSR count). The fraction of sp³-hybridized carbons (Fsp3) is 0.353. The average Bonchev–Trinajstić information content (AvgIpc) is 2.96. The highest BCUT2D eigenvalue weighted by molar-refractivity contribution is 5.35. The smallest absolute Gasteiger partial charge is 0.0662 e. The summed E-state index contributed by atoms with van der Waals surface area (Å²) in [5, 5.41) is 4.72. The number of allylic oxidation sites excluding steroid dienone is 1. The van der Waals surface area contributed by atoms with Crippen molar-refractivity contribution in [3.05, 3.63) is 65.0 Å². The van der Waals surface area contributed by atoms with E-state index in [-0.39, 0.29) is 6.04 Å². The van der Waals surface area contributed by atoms with Gasteiger partial charge in [0.05, 0.1) is 12.2 Å². The predicted molar refractivity (Wildman–Crippen MR) is 81.7 cm³/mol. The molecule has 0 saturated heterocycles. The summed E-state index contributed by atoms with van der Waals surface area (Å²) in [5.74, 6) is 0.425. The first-order chi connectivity index (χ1) is 9.65. The van der Waals surface area contributed by atoms with E-state index in [1.165, 1.54) is 16.8 Å². The van der Waals surface area contributed by atoms with Gasteiger partial charge in [-0.25, -0.2) is 0 Å². The monoisotopic (exact) mass is 267 g/mol. The molecule has 0 aliphatic heterocycles. The third-order valence-electron chi connectivity index (χ3n) is 4.10. The number of hydrogen-bond acceptors (Lipinski definition) is 2. The lowest BCUT2D eigenvalue weighted by atomic mass is 9.96. The van der Waals surface area contributed by atoms with E-state index in [0.29, 0.717) is 5.92 Å². The maximum atomic E-state index is 5.98. The van der Waals surface area contributed by atoms with Gasteiger partial charge in [-0.15, -0.1) is 0 Å². The predicted octanol–water partition coefficient (Wildman–Crippen LogP) is 2.92. The fourth-order valence-electron chi connectivity index (χ4n) is 3.10. The summed E-state index contributed by atoms with van der Waals surface area (Å²) in [6, 6.07) is 10.7. The first-order valence-electron chi connectivity index (χ1n) is 7.17. The van der Waals surface area contributed by atoms with Crippen molar-refractivity contribution < 1.29 is 0 Å². The van der Waals surface area contributed by atoms with Crippen LogP contribution in [-0.4, -0.2) is 15.8 Å². The van der Waals surface area contributed by atoms with Gasteiger partial charge in [0.15, 0.2) is 0 Å². The molecule has 0 amide bonds. The van der Waals surface area contributed by atoms with Gasteiger partial charge in [-0.3, -0.25) is 4.68 Å². The quantitative estimate of drug-likeness (QED) is 0.869. The second-order valence-electron chi connectivity index (χ2n) is 5.62. The minimum Gasteiger partial charge on any atom is -0.324 e. The minimum atomic E-state index is 0.191. The van der Waals surface area contributed by atoms with Crippen molar-refractivity contribution in [3.63, 3.8) is 0 Å². The highest BCUT2D eigenvalue weighted by Crippen LogP contribution is 2.32. The van der Waals surface area contributed by atoms with Crippen molar-refractivity contribution in [2.75, 3.05) is 0 Å². The molecule has 0 radical (unpaired) electrons. The Balaban J connectivity index is 1.89. The molecule has 3 nitrogen and oxygen atoms in total. The van der Waals surface area contributed by atoms with Crippen LogP contribution < -0.4 is 5.73 Å². The van der Waals surface area contributed by atoms with Crippen molar-refractivity contribution in [2.45, 2.75) is 38.8 Å². The van der Waals surface area contributed by atoms with Crippen LogP contribution >= 0.6 is 0 Å². The number of aryl methyl sites for hydroxylation is 1. The van der Waals surface area contributed by atoms with E-state index in [9.17, 15) is 0 Å². The Morgan fingerprint density at radius 1 is 1.20 bits per heavy atom. The van der Waals surface area contributed by atoms with E-state index < -0.39 is 0 Å². The molecule has 2 N–H and O–H groups in total. The number of nitrogens with zero attached hydrogens (tertiary/aromatic N) is 2. The zero-order chi connectivity index (χ0) is 14.1. The van der Waals surface area contributed by atoms with Crippen LogP contribution in [-0.2, 0) is 6.54 Å². The van der Waals surface area contributed by atoms with E-state index in [1.807, 2.05) is 6.07 Å². The standard InChI is InChI=1S/C17H21N3/c1-12-17(15-8-9-16(18)10-15)13(2)20(19-12)11-14-6-4-3-5-7-14/h3-9,15-16H,10-11,18H2,1-2H3. The van der Waals surface area contributed by atoms with Crippen LogP contribution in [0.5, 0.6) is 0 Å². The van der Waals surface area contributed by atoms with Gasteiger partial charge in [0.2, 0.25) is 0 Å². The first kappa shape index (κ1) is 13.1. The van der Waals surface area contributed by atoms with Crippen LogP contribution in [0.4, 0.5) is 0 Å². The molecule has 0 bridgehead atoms. The second kappa shape index (κ2) is 5.25. The van der Waals surface area contributed by atoms with Gasteiger partial charge in [0.1, 0.15) is 0 Å². The van der Waals surface area contributed by atoms with Crippen molar-refractivity contribution in [3.8, 4) is 0 Å². The number of nitrogens with two attached hydrogens (primary N) is 1. The molecule has 0 fully saturated rings. The summed E-state index contributed by atoms with van der Waals surface area (Å²) in [6.07, 6.45) is 5.34. The number of aromatic nitrogens is 2. The Labute approximate surface area is 120 Å². The van der Waals surface area contributed by atoms with Crippen LogP contribution in [0.2, 0.25) is 0 Å². The van der Waals surface area contributed by atoms with Crippen LogP contribution in [0.3, 0.4) is 0 Å². The Hall–Kier alpha value is -1.87. The maximum Gasteiger partial charge on any atom is 0.0662 e. The zero-order valence-corrected chi connectivity index (χ0v) is 12.1. The van der Waals surface area contributed by atoms with Crippen molar-refractivity contribution >= 4 is 0 Å². The number of rotatable bonds is 3. The van der Waals surface area contributed by atoms with E-state index in [2.05, 4.69) is 54.9 Å². The molecule has 2 aromatic rings. The third-order valence-corrected chi connectivity index (χ3v) is 4.10. The lowest BCUT2D eigenvalue weighted by Crippen LogP contribution is -2.14. The number of benzene rings is 1. The molecule has 104 valence electrons. The molecule has 20 heavy (non-hydrogen) atoms. The lowest BCUT2D eigenvalue weighted by molar-refractivity contribution is 0.654. The molecule has 1 heterocycles. The summed E-state index contributed by atoms with van der Waals surface area (Å²) >= 11 is 0. The van der Waals surface area contributed by atoms with Crippen LogP contribution in [0, 0.1) is 13.8 Å². The van der Waals surface area contributed by atoms with E-state index >= 15 is 0 Å². The molecule has 0 saturated carbocycles. The summed E-state index contributed by atoms with van der Waals surface area (Å²) in [7, 11) is 0. The van der Waals surface area contributed by atoms with Gasteiger partial charge in [-0.1, -0.05) is 42.5 Å². The van der Waals surface area contributed by atoms with E-state index in [4.69, 9.17) is 10.8 Å². The third kappa shape index (κ3) is 2.41. The Bertz CT molecular complexity index is 625. The normalized spacial score (nSPS) is 21.6. The summed E-state index contributed by atoms with van der Waals surface area (Å²) in [4.78, 5) is 0. The van der Waals surface area contributed by atoms with Crippen molar-refractivity contribution in [1.82, 2.24) is 9.78 Å². The molecule has 1 aliphatic carbocycles. The summed E-state index contributed by atoms with van der Waals surface area (Å²) in [5.41, 5.74) is 11.0. The molecule has 1 aromatic heterocycles. The molecule has 2 unspecified atom stereocenters. The Morgan fingerprint density at radius 2 is 1.95 bits per heavy atom. The molecular weight excluding hydrogens is 246 g/mol. The Kier molecular flexibility index (Phi) is 3.45. The average molecular weight is 267 g/mol. The largest absolute Gasteiger partial charge is 0.324 e. The minimum absolute atomic E-state index is 0.191. The topological polar surface area (TPSA) is 43.8 Å². The second-order valence-corrected chi connectivity index (χ2v) is 5.62. The summed E-state index contributed by atoms with van der Waals surface area (Å²) in [6.45, 7) is 5.09. The molecule has 1 aliphatic rings. The Morgan fingerprint density at radius 3 is 2.60 bits per heavy atom. The van der Waals surface area contributed by atoms with Gasteiger partial charge < -0.3 is 5.73 Å². The molecule has 2 atom stereocenters. The fourth-order valence-corrected chi connectivity index (χ4v) is 3.10. The zero-order valence-electron chi connectivity index (χ0n) is 12.1. The van der Waals surface area contributed by atoms with Gasteiger partial charge in [0.25, 0.3) is 0 Å². The van der Waals surface area contributed by atoms with E-state index in [1.54, 1.807) is 0 Å². The van der Waals surface area contributed by atoms with Gasteiger partial charge in [0, 0.05) is 23.2 Å². The molecule has 3 heteroatoms. The van der Waals surface area contributed by atoms with E-state index in [0.717, 1.165) is 18.7 Å². The van der Waals surface area contributed by atoms with Gasteiger partial charge in [-0.05, 0) is 25.8 Å². The van der Waals surface area contributed by atoms with Crippen LogP contribution in [0.1, 0.15) is 34.9 Å². The first-order valence-corrected chi connectivity index (χ1v) is 7.17. The molecule has 0 spiro atoms. The maximum absolute atomic E-state index is 5.98.